The molecule has 144 valence electrons. The summed E-state index contributed by atoms with van der Waals surface area (Å²) in [7, 11) is 0. The Balaban J connectivity index is 1.19. The fourth-order valence-electron chi connectivity index (χ4n) is 4.30. The van der Waals surface area contributed by atoms with Crippen LogP contribution in [0.2, 0.25) is 0 Å². The molecule has 2 heterocycles. The van der Waals surface area contributed by atoms with Crippen molar-refractivity contribution >= 4 is 6.03 Å². The van der Waals surface area contributed by atoms with E-state index in [2.05, 4.69) is 45.0 Å². The molecule has 4 rings (SSSR count). The lowest BCUT2D eigenvalue weighted by molar-refractivity contribution is 0.232. The van der Waals surface area contributed by atoms with Crippen LogP contribution in [0.3, 0.4) is 0 Å². The van der Waals surface area contributed by atoms with Crippen molar-refractivity contribution < 1.29 is 4.79 Å². The van der Waals surface area contributed by atoms with Crippen LogP contribution in [0.5, 0.6) is 0 Å². The Hall–Kier alpha value is -2.37. The minimum Gasteiger partial charge on any atom is -0.338 e. The van der Waals surface area contributed by atoms with Crippen LogP contribution in [0.4, 0.5) is 4.79 Å². The molecule has 1 unspecified atom stereocenters. The Morgan fingerprint density at radius 2 is 1.93 bits per heavy atom. The number of carbonyl (C=O) groups excluding carboxylic acids is 1. The normalized spacial score (nSPS) is 20.1. The van der Waals surface area contributed by atoms with Crippen LogP contribution >= 0.6 is 0 Å². The van der Waals surface area contributed by atoms with Gasteiger partial charge in [0.1, 0.15) is 12.2 Å². The summed E-state index contributed by atoms with van der Waals surface area (Å²) < 4.78 is 1.88. The van der Waals surface area contributed by atoms with Gasteiger partial charge >= 0.3 is 6.03 Å². The average molecular weight is 367 g/mol. The first-order valence-corrected chi connectivity index (χ1v) is 10.3. The van der Waals surface area contributed by atoms with Gasteiger partial charge in [-0.2, -0.15) is 5.10 Å². The molecule has 0 spiro atoms. The molecular weight excluding hydrogens is 338 g/mol. The lowest BCUT2D eigenvalue weighted by Crippen LogP contribution is -2.46. The lowest BCUT2D eigenvalue weighted by Gasteiger charge is -2.23. The van der Waals surface area contributed by atoms with E-state index in [4.69, 9.17) is 0 Å². The summed E-state index contributed by atoms with van der Waals surface area (Å²) in [6, 6.07) is 9.02. The molecule has 0 bridgehead atoms. The lowest BCUT2D eigenvalue weighted by atomic mass is 9.84. The molecule has 1 aromatic carbocycles. The van der Waals surface area contributed by atoms with E-state index >= 15 is 0 Å². The zero-order valence-electron chi connectivity index (χ0n) is 15.9. The molecule has 2 N–H and O–H groups in total. The molecular formula is C21H29N5O. The van der Waals surface area contributed by atoms with Crippen LogP contribution in [-0.2, 0) is 19.4 Å². The zero-order chi connectivity index (χ0) is 18.5. The van der Waals surface area contributed by atoms with Gasteiger partial charge in [-0.3, -0.25) is 0 Å². The van der Waals surface area contributed by atoms with Crippen LogP contribution in [0, 0.1) is 0 Å². The molecule has 1 aliphatic heterocycles. The first kappa shape index (κ1) is 18.0. The highest BCUT2D eigenvalue weighted by Gasteiger charge is 2.21. The van der Waals surface area contributed by atoms with Crippen LogP contribution in [0.25, 0.3) is 0 Å². The Morgan fingerprint density at radius 3 is 2.74 bits per heavy atom. The molecule has 1 aliphatic carbocycles. The third-order valence-electron chi connectivity index (χ3n) is 5.90. The second-order valence-corrected chi connectivity index (χ2v) is 7.82. The van der Waals surface area contributed by atoms with Crippen molar-refractivity contribution in [1.29, 1.82) is 0 Å². The maximum atomic E-state index is 12.1. The largest absolute Gasteiger partial charge is 0.338 e. The number of aromatic nitrogens is 3. The topological polar surface area (TPSA) is 71.8 Å². The van der Waals surface area contributed by atoms with Crippen molar-refractivity contribution in [3.05, 3.63) is 47.5 Å². The number of carbonyl (C=O) groups is 1. The quantitative estimate of drug-likeness (QED) is 0.852. The standard InChI is InChI=1S/C21H29N5O/c27-21(25-19-10-11-20-23-15-24-26(20)14-19)22-13-12-16-6-8-18(9-7-16)17-4-2-1-3-5-17/h6-9,15,17,19H,1-5,10-14H2,(H2,22,25,27). The summed E-state index contributed by atoms with van der Waals surface area (Å²) in [6.45, 7) is 1.35. The molecule has 6 nitrogen and oxygen atoms in total. The summed E-state index contributed by atoms with van der Waals surface area (Å²) in [5.41, 5.74) is 2.76. The number of nitrogens with one attached hydrogen (secondary N) is 2. The molecule has 0 saturated heterocycles. The Morgan fingerprint density at radius 1 is 1.11 bits per heavy atom. The predicted molar refractivity (Wildman–Crippen MR) is 105 cm³/mol. The molecule has 2 aromatic rings. The Kier molecular flexibility index (Phi) is 5.70. The van der Waals surface area contributed by atoms with Gasteiger partial charge in [-0.1, -0.05) is 43.5 Å². The number of aryl methyl sites for hydroxylation is 1. The number of fused-ring (bicyclic) bond motifs is 1. The van der Waals surface area contributed by atoms with E-state index in [0.717, 1.165) is 31.0 Å². The van der Waals surface area contributed by atoms with Crippen LogP contribution in [-0.4, -0.2) is 33.4 Å². The molecule has 2 aliphatic rings. The molecule has 6 heteroatoms. The van der Waals surface area contributed by atoms with Crippen molar-refractivity contribution in [3.8, 4) is 0 Å². The smallest absolute Gasteiger partial charge is 0.315 e. The van der Waals surface area contributed by atoms with E-state index in [0.29, 0.717) is 13.1 Å². The molecule has 1 atom stereocenters. The summed E-state index contributed by atoms with van der Waals surface area (Å²) in [5.74, 6) is 1.75. The summed E-state index contributed by atoms with van der Waals surface area (Å²) in [5, 5.41) is 10.2. The highest BCUT2D eigenvalue weighted by Crippen LogP contribution is 2.32. The van der Waals surface area contributed by atoms with E-state index in [-0.39, 0.29) is 12.1 Å². The number of hydrogen-bond donors (Lipinski definition) is 2. The van der Waals surface area contributed by atoms with Gasteiger partial charge in [-0.25, -0.2) is 14.5 Å². The average Bonchev–Trinajstić information content (AvgIpc) is 3.17. The number of nitrogens with zero attached hydrogens (tertiary/aromatic N) is 3. The molecule has 1 fully saturated rings. The fraction of sp³-hybridized carbons (Fsp3) is 0.571. The first-order chi connectivity index (χ1) is 13.3. The van der Waals surface area contributed by atoms with Crippen molar-refractivity contribution in [3.63, 3.8) is 0 Å². The van der Waals surface area contributed by atoms with Gasteiger partial charge in [0.25, 0.3) is 0 Å². The SMILES string of the molecule is O=C(NCCc1ccc(C2CCCCC2)cc1)NC1CCc2ncnn2C1. The van der Waals surface area contributed by atoms with Gasteiger partial charge in [-0.15, -0.1) is 0 Å². The van der Waals surface area contributed by atoms with E-state index < -0.39 is 0 Å². The predicted octanol–water partition coefficient (Wildman–Crippen LogP) is 3.18. The Bertz CT molecular complexity index is 748. The van der Waals surface area contributed by atoms with Crippen molar-refractivity contribution in [2.24, 2.45) is 0 Å². The van der Waals surface area contributed by atoms with Gasteiger partial charge in [0.05, 0.1) is 12.6 Å². The number of amides is 2. The maximum Gasteiger partial charge on any atom is 0.315 e. The van der Waals surface area contributed by atoms with Crippen molar-refractivity contribution in [1.82, 2.24) is 25.4 Å². The van der Waals surface area contributed by atoms with Crippen LogP contribution < -0.4 is 10.6 Å². The molecule has 2 amide bonds. The van der Waals surface area contributed by atoms with Crippen LogP contribution in [0.1, 0.15) is 61.4 Å². The highest BCUT2D eigenvalue weighted by molar-refractivity contribution is 5.74. The van der Waals surface area contributed by atoms with Gasteiger partial charge in [0.2, 0.25) is 0 Å². The molecule has 0 radical (unpaired) electrons. The van der Waals surface area contributed by atoms with Gasteiger partial charge in [0.15, 0.2) is 0 Å². The van der Waals surface area contributed by atoms with Gasteiger partial charge in [0, 0.05) is 13.0 Å². The second-order valence-electron chi connectivity index (χ2n) is 7.82. The molecule has 1 aromatic heterocycles. The van der Waals surface area contributed by atoms with Crippen molar-refractivity contribution in [2.75, 3.05) is 6.54 Å². The zero-order valence-corrected chi connectivity index (χ0v) is 15.9. The minimum absolute atomic E-state index is 0.0950. The minimum atomic E-state index is -0.0950. The van der Waals surface area contributed by atoms with Gasteiger partial charge < -0.3 is 10.6 Å². The monoisotopic (exact) mass is 367 g/mol. The Labute approximate surface area is 160 Å². The second kappa shape index (κ2) is 8.55. The fourth-order valence-corrected chi connectivity index (χ4v) is 4.30. The molecule has 1 saturated carbocycles. The highest BCUT2D eigenvalue weighted by atomic mass is 16.2. The summed E-state index contributed by atoms with van der Waals surface area (Å²) in [6.07, 6.45) is 11.0. The number of rotatable bonds is 5. The maximum absolute atomic E-state index is 12.1. The van der Waals surface area contributed by atoms with E-state index in [1.807, 2.05) is 4.68 Å². The summed E-state index contributed by atoms with van der Waals surface area (Å²) >= 11 is 0. The van der Waals surface area contributed by atoms with E-state index in [1.165, 1.54) is 43.2 Å². The number of benzene rings is 1. The van der Waals surface area contributed by atoms with E-state index in [1.54, 1.807) is 6.33 Å². The number of hydrogen-bond acceptors (Lipinski definition) is 3. The third kappa shape index (κ3) is 4.67. The molecule has 27 heavy (non-hydrogen) atoms. The van der Waals surface area contributed by atoms with Crippen molar-refractivity contribution in [2.45, 2.75) is 69.9 Å². The van der Waals surface area contributed by atoms with Crippen LogP contribution in [0.15, 0.2) is 30.6 Å². The van der Waals surface area contributed by atoms with E-state index in [9.17, 15) is 4.79 Å². The third-order valence-corrected chi connectivity index (χ3v) is 5.90. The first-order valence-electron chi connectivity index (χ1n) is 10.3. The van der Waals surface area contributed by atoms with Gasteiger partial charge in [-0.05, 0) is 42.7 Å². The number of urea groups is 1. The summed E-state index contributed by atoms with van der Waals surface area (Å²) in [4.78, 5) is 16.4.